The van der Waals surface area contributed by atoms with Crippen LogP contribution in [-0.4, -0.2) is 34.6 Å². The molecule has 1 heterocycles. The van der Waals surface area contributed by atoms with Crippen LogP contribution in [0.15, 0.2) is 42.5 Å². The third-order valence-corrected chi connectivity index (χ3v) is 5.52. The molecule has 0 saturated carbocycles. The Hall–Kier alpha value is -2.38. The smallest absolute Gasteiger partial charge is 0.252 e. The summed E-state index contributed by atoms with van der Waals surface area (Å²) in [5, 5.41) is 0. The number of amides is 1. The molecule has 1 amide bonds. The molecule has 0 bridgehead atoms. The number of sulfonamides is 1. The van der Waals surface area contributed by atoms with Crippen molar-refractivity contribution in [3.05, 3.63) is 59.2 Å². The number of benzene rings is 2. The molecule has 138 valence electrons. The summed E-state index contributed by atoms with van der Waals surface area (Å²) in [5.41, 5.74) is 3.96. The van der Waals surface area contributed by atoms with E-state index in [1.165, 1.54) is 7.11 Å². The summed E-state index contributed by atoms with van der Waals surface area (Å²) in [4.78, 5) is 13.8. The molecule has 0 saturated heterocycles. The van der Waals surface area contributed by atoms with Crippen molar-refractivity contribution >= 4 is 27.3 Å². The van der Waals surface area contributed by atoms with Gasteiger partial charge in [-0.15, -0.1) is 0 Å². The zero-order chi connectivity index (χ0) is 18.7. The number of aryl methyl sites for hydroxylation is 1. The van der Waals surface area contributed by atoms with E-state index in [9.17, 15) is 13.2 Å². The lowest BCUT2D eigenvalue weighted by atomic mass is 10.1. The number of ether oxygens (including phenoxy) is 1. The fourth-order valence-electron chi connectivity index (χ4n) is 3.14. The lowest BCUT2D eigenvalue weighted by molar-refractivity contribution is -0.122. The van der Waals surface area contributed by atoms with Gasteiger partial charge in [0, 0.05) is 19.3 Å². The maximum absolute atomic E-state index is 12.5. The monoisotopic (exact) mass is 374 g/mol. The van der Waals surface area contributed by atoms with Crippen molar-refractivity contribution in [1.29, 1.82) is 0 Å². The van der Waals surface area contributed by atoms with E-state index in [4.69, 9.17) is 4.74 Å². The van der Waals surface area contributed by atoms with Crippen LogP contribution < -0.4 is 9.62 Å². The fraction of sp³-hybridized carbons (Fsp3) is 0.316. The molecule has 0 aliphatic carbocycles. The highest BCUT2D eigenvalue weighted by atomic mass is 32.2. The van der Waals surface area contributed by atoms with Crippen LogP contribution in [0.25, 0.3) is 0 Å². The number of fused-ring (bicyclic) bond motifs is 1. The summed E-state index contributed by atoms with van der Waals surface area (Å²) < 4.78 is 32.5. The number of anilines is 2. The van der Waals surface area contributed by atoms with Crippen molar-refractivity contribution in [1.82, 2.24) is 0 Å². The van der Waals surface area contributed by atoms with Crippen molar-refractivity contribution in [2.75, 3.05) is 29.9 Å². The van der Waals surface area contributed by atoms with Gasteiger partial charge in [0.05, 0.1) is 11.4 Å². The Morgan fingerprint density at radius 2 is 2.04 bits per heavy atom. The fourth-order valence-corrected chi connectivity index (χ4v) is 4.32. The van der Waals surface area contributed by atoms with Crippen LogP contribution in [0.1, 0.15) is 16.7 Å². The first-order valence-electron chi connectivity index (χ1n) is 8.36. The maximum atomic E-state index is 12.5. The normalized spacial score (nSPS) is 13.5. The van der Waals surface area contributed by atoms with E-state index in [0.717, 1.165) is 28.8 Å². The number of rotatable bonds is 6. The van der Waals surface area contributed by atoms with Crippen LogP contribution in [-0.2, 0) is 31.7 Å². The molecule has 0 aromatic heterocycles. The first-order valence-corrected chi connectivity index (χ1v) is 10.0. The molecule has 26 heavy (non-hydrogen) atoms. The average molecular weight is 374 g/mol. The van der Waals surface area contributed by atoms with Crippen LogP contribution in [0.2, 0.25) is 0 Å². The van der Waals surface area contributed by atoms with E-state index in [0.29, 0.717) is 12.2 Å². The third-order valence-electron chi connectivity index (χ3n) is 4.26. The summed E-state index contributed by atoms with van der Waals surface area (Å²) in [7, 11) is -2.07. The van der Waals surface area contributed by atoms with Crippen molar-refractivity contribution in [3.63, 3.8) is 0 Å². The Labute approximate surface area is 153 Å². The van der Waals surface area contributed by atoms with Crippen molar-refractivity contribution < 1.29 is 17.9 Å². The van der Waals surface area contributed by atoms with Gasteiger partial charge in [-0.05, 0) is 36.6 Å². The van der Waals surface area contributed by atoms with Crippen LogP contribution in [0, 0.1) is 6.92 Å². The molecule has 0 atom stereocenters. The van der Waals surface area contributed by atoms with E-state index in [2.05, 4.69) is 4.72 Å². The van der Waals surface area contributed by atoms with Gasteiger partial charge in [-0.2, -0.15) is 0 Å². The van der Waals surface area contributed by atoms with Gasteiger partial charge in [0.15, 0.2) is 0 Å². The van der Waals surface area contributed by atoms with Gasteiger partial charge in [-0.1, -0.05) is 35.9 Å². The molecule has 3 rings (SSSR count). The Bertz CT molecular complexity index is 925. The number of nitrogens with one attached hydrogen (secondary N) is 1. The van der Waals surface area contributed by atoms with Crippen molar-refractivity contribution in [3.8, 4) is 0 Å². The van der Waals surface area contributed by atoms with E-state index < -0.39 is 10.0 Å². The van der Waals surface area contributed by atoms with Crippen LogP contribution in [0.4, 0.5) is 11.4 Å². The Morgan fingerprint density at radius 3 is 2.77 bits per heavy atom. The average Bonchev–Trinajstić information content (AvgIpc) is 2.97. The molecule has 6 nitrogen and oxygen atoms in total. The van der Waals surface area contributed by atoms with Gasteiger partial charge >= 0.3 is 0 Å². The second-order valence-corrected chi connectivity index (χ2v) is 8.14. The topological polar surface area (TPSA) is 75.7 Å². The van der Waals surface area contributed by atoms with E-state index >= 15 is 0 Å². The molecule has 1 aliphatic heterocycles. The number of carbonyl (C=O) groups excluding carboxylic acids is 1. The summed E-state index contributed by atoms with van der Waals surface area (Å²) >= 11 is 0. The molecule has 1 N–H and O–H groups in total. The third kappa shape index (κ3) is 4.23. The Kier molecular flexibility index (Phi) is 5.29. The summed E-state index contributed by atoms with van der Waals surface area (Å²) in [6.07, 6.45) is 0.751. The molecule has 0 radical (unpaired) electrons. The number of methoxy groups -OCH3 is 1. The molecule has 0 spiro atoms. The first-order chi connectivity index (χ1) is 12.4. The predicted molar refractivity (Wildman–Crippen MR) is 102 cm³/mol. The van der Waals surface area contributed by atoms with Gasteiger partial charge in [0.2, 0.25) is 10.0 Å². The SMILES string of the molecule is COCC(=O)N1CCc2ccc(NS(=O)(=O)Cc3cccc(C)c3)cc21. The van der Waals surface area contributed by atoms with Gasteiger partial charge in [-0.25, -0.2) is 8.42 Å². The van der Waals surface area contributed by atoms with Gasteiger partial charge in [0.1, 0.15) is 6.61 Å². The zero-order valence-electron chi connectivity index (χ0n) is 14.9. The lowest BCUT2D eigenvalue weighted by Gasteiger charge is -2.18. The van der Waals surface area contributed by atoms with Gasteiger partial charge < -0.3 is 9.64 Å². The highest BCUT2D eigenvalue weighted by Crippen LogP contribution is 2.31. The van der Waals surface area contributed by atoms with Crippen LogP contribution in [0.3, 0.4) is 0 Å². The van der Waals surface area contributed by atoms with E-state index in [1.54, 1.807) is 23.1 Å². The first kappa shape index (κ1) is 18.4. The van der Waals surface area contributed by atoms with Crippen molar-refractivity contribution in [2.24, 2.45) is 0 Å². The number of carbonyl (C=O) groups is 1. The minimum absolute atomic E-state index is 0.00273. The summed E-state index contributed by atoms with van der Waals surface area (Å²) in [5.74, 6) is -0.232. The molecule has 7 heteroatoms. The minimum Gasteiger partial charge on any atom is -0.375 e. The van der Waals surface area contributed by atoms with E-state index in [-0.39, 0.29) is 18.3 Å². The zero-order valence-corrected chi connectivity index (χ0v) is 15.7. The molecule has 2 aromatic rings. The van der Waals surface area contributed by atoms with Gasteiger partial charge in [0.25, 0.3) is 5.91 Å². The highest BCUT2D eigenvalue weighted by molar-refractivity contribution is 7.91. The molecule has 2 aromatic carbocycles. The van der Waals surface area contributed by atoms with Gasteiger partial charge in [-0.3, -0.25) is 9.52 Å². The lowest BCUT2D eigenvalue weighted by Crippen LogP contribution is -2.32. The maximum Gasteiger partial charge on any atom is 0.252 e. The molecule has 1 aliphatic rings. The summed E-state index contributed by atoms with van der Waals surface area (Å²) in [6, 6.07) is 12.7. The molecule has 0 unspecified atom stereocenters. The van der Waals surface area contributed by atoms with Crippen LogP contribution >= 0.6 is 0 Å². The standard InChI is InChI=1S/C19H22N2O4S/c1-14-4-3-5-15(10-14)13-26(23,24)20-17-7-6-16-8-9-21(18(16)11-17)19(22)12-25-2/h3-7,10-11,20H,8-9,12-13H2,1-2H3. The largest absolute Gasteiger partial charge is 0.375 e. The van der Waals surface area contributed by atoms with E-state index in [1.807, 2.05) is 31.2 Å². The van der Waals surface area contributed by atoms with Crippen molar-refractivity contribution in [2.45, 2.75) is 19.1 Å². The molecular weight excluding hydrogens is 352 g/mol. The minimum atomic E-state index is -3.55. The Morgan fingerprint density at radius 1 is 1.23 bits per heavy atom. The quantitative estimate of drug-likeness (QED) is 0.843. The summed E-state index contributed by atoms with van der Waals surface area (Å²) in [6.45, 7) is 2.51. The second-order valence-electron chi connectivity index (χ2n) is 6.42. The molecule has 0 fully saturated rings. The second kappa shape index (κ2) is 7.47. The number of hydrogen-bond donors (Lipinski definition) is 1. The predicted octanol–water partition coefficient (Wildman–Crippen LogP) is 2.47. The van der Waals surface area contributed by atoms with Crippen LogP contribution in [0.5, 0.6) is 0 Å². The number of nitrogens with zero attached hydrogens (tertiary/aromatic N) is 1. The molecular formula is C19H22N2O4S. The Balaban J connectivity index is 1.78. The number of hydrogen-bond acceptors (Lipinski definition) is 4. The highest BCUT2D eigenvalue weighted by Gasteiger charge is 2.25.